The highest BCUT2D eigenvalue weighted by Gasteiger charge is 2.20. The summed E-state index contributed by atoms with van der Waals surface area (Å²) in [6.45, 7) is 0. The fourth-order valence-electron chi connectivity index (χ4n) is 1.53. The van der Waals surface area contributed by atoms with Crippen molar-refractivity contribution in [3.8, 4) is 17.7 Å². The van der Waals surface area contributed by atoms with Gasteiger partial charge < -0.3 is 10.2 Å². The molecule has 0 atom stereocenters. The first-order chi connectivity index (χ1) is 10.1. The van der Waals surface area contributed by atoms with Gasteiger partial charge >= 0.3 is 11.6 Å². The molecule has 2 aromatic rings. The number of anilines is 1. The average molecular weight is 289 g/mol. The zero-order chi connectivity index (χ0) is 15.4. The number of nitrogens with zero attached hydrogens (tertiary/aromatic N) is 3. The van der Waals surface area contributed by atoms with Crippen molar-refractivity contribution in [1.29, 1.82) is 5.26 Å². The van der Waals surface area contributed by atoms with E-state index >= 15 is 0 Å². The van der Waals surface area contributed by atoms with Crippen molar-refractivity contribution >= 4 is 11.5 Å². The number of hydrogen-bond donors (Lipinski definition) is 2. The van der Waals surface area contributed by atoms with Gasteiger partial charge in [-0.2, -0.15) is 10.2 Å². The van der Waals surface area contributed by atoms with Crippen molar-refractivity contribution in [2.24, 2.45) is 5.84 Å². The summed E-state index contributed by atoms with van der Waals surface area (Å²) in [5.41, 5.74) is 1.39. The highest BCUT2D eigenvalue weighted by atomic mass is 19.1. The molecule has 0 bridgehead atoms. The molecule has 0 aliphatic carbocycles. The lowest BCUT2D eigenvalue weighted by atomic mass is 10.2. The van der Waals surface area contributed by atoms with E-state index in [0.29, 0.717) is 0 Å². The Morgan fingerprint density at radius 2 is 2.19 bits per heavy atom. The molecule has 8 nitrogen and oxygen atoms in total. The molecule has 0 saturated heterocycles. The molecular formula is C12H8FN5O3. The standard InChI is InChI=1S/C12H8FN5O3/c13-8-2-1-3-10(7(8)6-14)21-12-9(18(19)20)4-5-11(16-12)17-15/h1-5H,15H2,(H,16,17). The molecule has 0 saturated carbocycles. The number of benzene rings is 1. The van der Waals surface area contributed by atoms with Crippen LogP contribution < -0.4 is 16.0 Å². The molecule has 0 fully saturated rings. The van der Waals surface area contributed by atoms with Gasteiger partial charge in [0.1, 0.15) is 23.3 Å². The van der Waals surface area contributed by atoms with Crippen LogP contribution in [0.4, 0.5) is 15.9 Å². The summed E-state index contributed by atoms with van der Waals surface area (Å²) in [4.78, 5) is 14.0. The number of nitrogens with two attached hydrogens (primary N) is 1. The Bertz CT molecular complexity index is 744. The van der Waals surface area contributed by atoms with Crippen molar-refractivity contribution in [3.63, 3.8) is 0 Å². The lowest BCUT2D eigenvalue weighted by Crippen LogP contribution is -2.09. The van der Waals surface area contributed by atoms with E-state index in [1.807, 2.05) is 0 Å². The number of pyridine rings is 1. The topological polar surface area (TPSA) is 127 Å². The quantitative estimate of drug-likeness (QED) is 0.501. The van der Waals surface area contributed by atoms with Crippen LogP contribution in [0.1, 0.15) is 5.56 Å². The molecule has 0 spiro atoms. The summed E-state index contributed by atoms with van der Waals surface area (Å²) in [5, 5.41) is 19.8. The molecule has 0 amide bonds. The second kappa shape index (κ2) is 5.81. The van der Waals surface area contributed by atoms with Crippen LogP contribution in [0.2, 0.25) is 0 Å². The first kappa shape index (κ1) is 14.2. The Hall–Kier alpha value is -3.25. The van der Waals surface area contributed by atoms with Crippen molar-refractivity contribution < 1.29 is 14.1 Å². The van der Waals surface area contributed by atoms with E-state index in [1.165, 1.54) is 18.2 Å². The van der Waals surface area contributed by atoms with Gasteiger partial charge in [-0.1, -0.05) is 6.07 Å². The molecular weight excluding hydrogens is 281 g/mol. The summed E-state index contributed by atoms with van der Waals surface area (Å²) in [5.74, 6) is 3.90. The van der Waals surface area contributed by atoms with E-state index in [-0.39, 0.29) is 17.1 Å². The van der Waals surface area contributed by atoms with Gasteiger partial charge in [-0.25, -0.2) is 10.2 Å². The van der Waals surface area contributed by atoms with Gasteiger partial charge in [0.05, 0.1) is 4.92 Å². The number of rotatable bonds is 4. The summed E-state index contributed by atoms with van der Waals surface area (Å²) < 4.78 is 18.7. The highest BCUT2D eigenvalue weighted by molar-refractivity contribution is 5.52. The fraction of sp³-hybridized carbons (Fsp3) is 0. The van der Waals surface area contributed by atoms with Crippen LogP contribution >= 0.6 is 0 Å². The number of ether oxygens (including phenoxy) is 1. The summed E-state index contributed by atoms with van der Waals surface area (Å²) in [7, 11) is 0. The van der Waals surface area contributed by atoms with E-state index < -0.39 is 22.3 Å². The predicted molar refractivity (Wildman–Crippen MR) is 69.9 cm³/mol. The monoisotopic (exact) mass is 289 g/mol. The second-order valence-electron chi connectivity index (χ2n) is 3.75. The summed E-state index contributed by atoms with van der Waals surface area (Å²) >= 11 is 0. The number of halogens is 1. The lowest BCUT2D eigenvalue weighted by Gasteiger charge is -2.08. The van der Waals surface area contributed by atoms with Gasteiger partial charge in [0.2, 0.25) is 0 Å². The number of hydrazine groups is 1. The number of hydrogen-bond acceptors (Lipinski definition) is 7. The molecule has 0 radical (unpaired) electrons. The minimum absolute atomic E-state index is 0.116. The SMILES string of the molecule is N#Cc1c(F)cccc1Oc1nc(NN)ccc1[N+](=O)[O-]. The Balaban J connectivity index is 2.51. The fourth-order valence-corrected chi connectivity index (χ4v) is 1.53. The molecule has 1 aromatic carbocycles. The van der Waals surface area contributed by atoms with Crippen LogP contribution in [0.5, 0.6) is 11.6 Å². The average Bonchev–Trinajstić information content (AvgIpc) is 2.47. The van der Waals surface area contributed by atoms with Crippen LogP contribution in [0.15, 0.2) is 30.3 Å². The van der Waals surface area contributed by atoms with E-state index in [0.717, 1.165) is 12.1 Å². The summed E-state index contributed by atoms with van der Waals surface area (Å²) in [6, 6.07) is 7.71. The van der Waals surface area contributed by atoms with Crippen LogP contribution in [0.25, 0.3) is 0 Å². The normalized spacial score (nSPS) is 9.76. The molecule has 2 rings (SSSR count). The van der Waals surface area contributed by atoms with E-state index in [2.05, 4.69) is 10.4 Å². The minimum atomic E-state index is -0.800. The molecule has 3 N–H and O–H groups in total. The van der Waals surface area contributed by atoms with E-state index in [9.17, 15) is 14.5 Å². The van der Waals surface area contributed by atoms with E-state index in [4.69, 9.17) is 15.8 Å². The Morgan fingerprint density at radius 1 is 1.43 bits per heavy atom. The third kappa shape index (κ3) is 2.85. The molecule has 1 heterocycles. The first-order valence-electron chi connectivity index (χ1n) is 5.55. The highest BCUT2D eigenvalue weighted by Crippen LogP contribution is 2.32. The second-order valence-corrected chi connectivity index (χ2v) is 3.75. The molecule has 106 valence electrons. The third-order valence-corrected chi connectivity index (χ3v) is 2.48. The Kier molecular flexibility index (Phi) is 3.92. The van der Waals surface area contributed by atoms with Crippen LogP contribution in [0, 0.1) is 27.3 Å². The van der Waals surface area contributed by atoms with Crippen molar-refractivity contribution in [2.45, 2.75) is 0 Å². The van der Waals surface area contributed by atoms with Gasteiger partial charge in [-0.05, 0) is 18.2 Å². The number of nitro groups is 1. The van der Waals surface area contributed by atoms with Gasteiger partial charge in [0.25, 0.3) is 0 Å². The Labute approximate surface area is 117 Å². The van der Waals surface area contributed by atoms with Crippen LogP contribution in [0.3, 0.4) is 0 Å². The molecule has 21 heavy (non-hydrogen) atoms. The maximum atomic E-state index is 13.5. The maximum Gasteiger partial charge on any atom is 0.331 e. The van der Waals surface area contributed by atoms with Crippen molar-refractivity contribution in [3.05, 3.63) is 51.8 Å². The summed E-state index contributed by atoms with van der Waals surface area (Å²) in [6.07, 6.45) is 0. The van der Waals surface area contributed by atoms with Gasteiger partial charge in [-0.3, -0.25) is 10.1 Å². The first-order valence-corrected chi connectivity index (χ1v) is 5.55. The molecule has 1 aromatic heterocycles. The number of aromatic nitrogens is 1. The number of nitriles is 1. The van der Waals surface area contributed by atoms with Gasteiger partial charge in [-0.15, -0.1) is 0 Å². The van der Waals surface area contributed by atoms with Gasteiger partial charge in [0.15, 0.2) is 5.75 Å². The third-order valence-electron chi connectivity index (χ3n) is 2.48. The molecule has 0 aliphatic heterocycles. The molecule has 9 heteroatoms. The predicted octanol–water partition coefficient (Wildman–Crippen LogP) is 2.08. The van der Waals surface area contributed by atoms with Crippen LogP contribution in [-0.2, 0) is 0 Å². The largest absolute Gasteiger partial charge is 0.432 e. The van der Waals surface area contributed by atoms with Crippen molar-refractivity contribution in [1.82, 2.24) is 4.98 Å². The zero-order valence-corrected chi connectivity index (χ0v) is 10.4. The Morgan fingerprint density at radius 3 is 2.81 bits per heavy atom. The lowest BCUT2D eigenvalue weighted by molar-refractivity contribution is -0.386. The van der Waals surface area contributed by atoms with Crippen molar-refractivity contribution in [2.75, 3.05) is 5.43 Å². The smallest absolute Gasteiger partial charge is 0.331 e. The number of nitrogens with one attached hydrogen (secondary N) is 1. The van der Waals surface area contributed by atoms with E-state index in [1.54, 1.807) is 6.07 Å². The van der Waals surface area contributed by atoms with Crippen LogP contribution in [-0.4, -0.2) is 9.91 Å². The number of nitrogen functional groups attached to an aromatic ring is 1. The van der Waals surface area contributed by atoms with Gasteiger partial charge in [0, 0.05) is 6.07 Å². The minimum Gasteiger partial charge on any atom is -0.432 e. The molecule has 0 aliphatic rings. The molecule has 0 unspecified atom stereocenters. The zero-order valence-electron chi connectivity index (χ0n) is 10.4. The maximum absolute atomic E-state index is 13.5.